The van der Waals surface area contributed by atoms with Crippen molar-refractivity contribution >= 4 is 27.7 Å². The number of benzene rings is 1. The minimum atomic E-state index is -3.69. The van der Waals surface area contributed by atoms with E-state index in [1.165, 1.54) is 8.99 Å². The molecule has 0 saturated heterocycles. The molecule has 0 bridgehead atoms. The van der Waals surface area contributed by atoms with E-state index in [2.05, 4.69) is 10.4 Å². The Bertz CT molecular complexity index is 1150. The third-order valence-electron chi connectivity index (χ3n) is 6.34. The van der Waals surface area contributed by atoms with Gasteiger partial charge in [-0.15, -0.1) is 0 Å². The minimum Gasteiger partial charge on any atom is -0.310 e. The number of aryl methyl sites for hydroxylation is 2. The molecule has 0 spiro atoms. The molecule has 1 aliphatic carbocycles. The molecule has 166 valence electrons. The van der Waals surface area contributed by atoms with Gasteiger partial charge in [-0.1, -0.05) is 31.4 Å². The smallest absolute Gasteiger partial charge is 0.249 e. The van der Waals surface area contributed by atoms with Gasteiger partial charge < -0.3 is 5.32 Å². The molecule has 4 rings (SSSR count). The average molecular weight is 445 g/mol. The summed E-state index contributed by atoms with van der Waals surface area (Å²) in [6.07, 6.45) is 5.16. The summed E-state index contributed by atoms with van der Waals surface area (Å²) in [6.45, 7) is 3.53. The summed E-state index contributed by atoms with van der Waals surface area (Å²) in [4.78, 5) is 24.8. The molecule has 1 aliphatic heterocycles. The third-order valence-corrected chi connectivity index (χ3v) is 8.40. The van der Waals surface area contributed by atoms with Gasteiger partial charge in [-0.05, 0) is 43.9 Å². The number of carbonyl (C=O) groups excluding carboxylic acids is 2. The molecule has 1 aromatic carbocycles. The Morgan fingerprint density at radius 1 is 1.10 bits per heavy atom. The van der Waals surface area contributed by atoms with E-state index >= 15 is 0 Å². The van der Waals surface area contributed by atoms with Crippen molar-refractivity contribution < 1.29 is 18.0 Å². The number of sulfonamides is 1. The van der Waals surface area contributed by atoms with Crippen molar-refractivity contribution in [1.29, 1.82) is 0 Å². The van der Waals surface area contributed by atoms with Crippen LogP contribution in [0.25, 0.3) is 11.1 Å². The van der Waals surface area contributed by atoms with E-state index in [-0.39, 0.29) is 35.6 Å². The van der Waals surface area contributed by atoms with Crippen molar-refractivity contribution in [2.45, 2.75) is 69.7 Å². The van der Waals surface area contributed by atoms with Crippen LogP contribution >= 0.6 is 0 Å². The fraction of sp³-hybridized carbons (Fsp3) is 0.500. The maximum Gasteiger partial charge on any atom is 0.249 e. The van der Waals surface area contributed by atoms with E-state index in [1.807, 2.05) is 0 Å². The molecular weight excluding hydrogens is 416 g/mol. The Morgan fingerprint density at radius 3 is 2.52 bits per heavy atom. The van der Waals surface area contributed by atoms with Gasteiger partial charge >= 0.3 is 0 Å². The van der Waals surface area contributed by atoms with Crippen LogP contribution in [0, 0.1) is 13.8 Å². The van der Waals surface area contributed by atoms with Gasteiger partial charge in [0.2, 0.25) is 21.8 Å². The SMILES string of the molecule is Cc1ccc(-c2c(C)nn3c2NC(=O)CCC3=O)cc1S(=O)(=O)N(C)C1CCCCC1. The lowest BCUT2D eigenvalue weighted by Crippen LogP contribution is -2.38. The molecule has 0 radical (unpaired) electrons. The van der Waals surface area contributed by atoms with Crippen molar-refractivity contribution in [1.82, 2.24) is 14.1 Å². The molecule has 0 atom stereocenters. The average Bonchev–Trinajstić information content (AvgIpc) is 3.00. The van der Waals surface area contributed by atoms with Gasteiger partial charge in [-0.25, -0.2) is 8.42 Å². The molecule has 2 aliphatic rings. The normalized spacial score (nSPS) is 18.1. The first-order valence-corrected chi connectivity index (χ1v) is 12.2. The molecule has 9 heteroatoms. The zero-order valence-corrected chi connectivity index (χ0v) is 19.0. The molecule has 1 N–H and O–H groups in total. The highest BCUT2D eigenvalue weighted by Gasteiger charge is 2.31. The lowest BCUT2D eigenvalue weighted by molar-refractivity contribution is -0.116. The Hall–Kier alpha value is -2.52. The Balaban J connectivity index is 1.79. The minimum absolute atomic E-state index is 0.00729. The summed E-state index contributed by atoms with van der Waals surface area (Å²) < 4.78 is 29.7. The maximum atomic E-state index is 13.5. The highest BCUT2D eigenvalue weighted by atomic mass is 32.2. The number of aromatic nitrogens is 2. The lowest BCUT2D eigenvalue weighted by Gasteiger charge is -2.31. The third kappa shape index (κ3) is 3.92. The fourth-order valence-corrected chi connectivity index (χ4v) is 6.18. The molecule has 1 aromatic heterocycles. The van der Waals surface area contributed by atoms with Crippen molar-refractivity contribution in [3.8, 4) is 11.1 Å². The fourth-order valence-electron chi connectivity index (χ4n) is 4.52. The van der Waals surface area contributed by atoms with Crippen LogP contribution in [0.2, 0.25) is 0 Å². The summed E-state index contributed by atoms with van der Waals surface area (Å²) in [6, 6.07) is 5.21. The number of hydrogen-bond acceptors (Lipinski definition) is 5. The molecule has 1 amide bonds. The number of rotatable bonds is 4. The molecular formula is C22H28N4O4S. The van der Waals surface area contributed by atoms with Crippen LogP contribution in [0.1, 0.15) is 61.0 Å². The number of hydrogen-bond donors (Lipinski definition) is 1. The topological polar surface area (TPSA) is 101 Å². The second-order valence-corrected chi connectivity index (χ2v) is 10.4. The lowest BCUT2D eigenvalue weighted by atomic mass is 9.96. The molecule has 8 nitrogen and oxygen atoms in total. The quantitative estimate of drug-likeness (QED) is 0.778. The van der Waals surface area contributed by atoms with Crippen LogP contribution in [-0.4, -0.2) is 47.4 Å². The predicted molar refractivity (Wildman–Crippen MR) is 117 cm³/mol. The Morgan fingerprint density at radius 2 is 1.81 bits per heavy atom. The van der Waals surface area contributed by atoms with Crippen LogP contribution in [-0.2, 0) is 14.8 Å². The molecule has 31 heavy (non-hydrogen) atoms. The first-order chi connectivity index (χ1) is 14.7. The van der Waals surface area contributed by atoms with Gasteiger partial charge in [0, 0.05) is 31.5 Å². The summed E-state index contributed by atoms with van der Waals surface area (Å²) >= 11 is 0. The van der Waals surface area contributed by atoms with E-state index in [4.69, 9.17) is 0 Å². The Kier molecular flexibility index (Phi) is 5.74. The van der Waals surface area contributed by atoms with Gasteiger partial charge in [-0.3, -0.25) is 9.59 Å². The number of anilines is 1. The number of amides is 1. The van der Waals surface area contributed by atoms with Crippen molar-refractivity contribution in [3.63, 3.8) is 0 Å². The van der Waals surface area contributed by atoms with Crippen molar-refractivity contribution in [2.24, 2.45) is 0 Å². The zero-order valence-electron chi connectivity index (χ0n) is 18.1. The second kappa shape index (κ2) is 8.20. The molecule has 2 aromatic rings. The molecule has 0 unspecified atom stereocenters. The van der Waals surface area contributed by atoms with Crippen molar-refractivity contribution in [2.75, 3.05) is 12.4 Å². The number of nitrogens with one attached hydrogen (secondary N) is 1. The number of fused-ring (bicyclic) bond motifs is 1. The van der Waals surface area contributed by atoms with Crippen LogP contribution in [0.3, 0.4) is 0 Å². The number of nitrogens with zero attached hydrogens (tertiary/aromatic N) is 3. The van der Waals surface area contributed by atoms with E-state index in [1.54, 1.807) is 39.1 Å². The van der Waals surface area contributed by atoms with Gasteiger partial charge in [0.1, 0.15) is 5.82 Å². The van der Waals surface area contributed by atoms with Crippen LogP contribution < -0.4 is 5.32 Å². The summed E-state index contributed by atoms with van der Waals surface area (Å²) in [5, 5.41) is 7.09. The van der Waals surface area contributed by atoms with Gasteiger partial charge in [0.25, 0.3) is 0 Å². The van der Waals surface area contributed by atoms with Gasteiger partial charge in [0.05, 0.1) is 10.6 Å². The van der Waals surface area contributed by atoms with Crippen molar-refractivity contribution in [3.05, 3.63) is 29.5 Å². The summed E-state index contributed by atoms with van der Waals surface area (Å²) in [5.41, 5.74) is 2.39. The van der Waals surface area contributed by atoms with Gasteiger partial charge in [0.15, 0.2) is 0 Å². The van der Waals surface area contributed by atoms with Gasteiger partial charge in [-0.2, -0.15) is 14.1 Å². The van der Waals surface area contributed by atoms with E-state index in [0.717, 1.165) is 32.1 Å². The monoisotopic (exact) mass is 444 g/mol. The standard InChI is InChI=1S/C22H28N4O4S/c1-14-9-10-16(13-18(14)31(29,30)25(3)17-7-5-4-6-8-17)21-15(2)24-26-20(28)12-11-19(27)23-22(21)26/h9-10,13,17H,4-8,11-12H2,1-3H3,(H,23,27). The first kappa shape index (κ1) is 21.7. The van der Waals surface area contributed by atoms with E-state index in [0.29, 0.717) is 28.2 Å². The predicted octanol–water partition coefficient (Wildman–Crippen LogP) is 3.49. The maximum absolute atomic E-state index is 13.5. The molecule has 2 heterocycles. The molecule has 1 fully saturated rings. The second-order valence-electron chi connectivity index (χ2n) is 8.46. The highest BCUT2D eigenvalue weighted by molar-refractivity contribution is 7.89. The largest absolute Gasteiger partial charge is 0.310 e. The van der Waals surface area contributed by atoms with E-state index in [9.17, 15) is 18.0 Å². The first-order valence-electron chi connectivity index (χ1n) is 10.7. The van der Waals surface area contributed by atoms with Crippen LogP contribution in [0.15, 0.2) is 23.1 Å². The van der Waals surface area contributed by atoms with Crippen LogP contribution in [0.4, 0.5) is 5.82 Å². The molecule has 1 saturated carbocycles. The Labute approximate surface area is 182 Å². The highest BCUT2D eigenvalue weighted by Crippen LogP contribution is 2.36. The van der Waals surface area contributed by atoms with Crippen LogP contribution in [0.5, 0.6) is 0 Å². The summed E-state index contributed by atoms with van der Waals surface area (Å²) in [5.74, 6) is -0.220. The number of carbonyl (C=O) groups is 2. The zero-order chi connectivity index (χ0) is 22.3. The summed E-state index contributed by atoms with van der Waals surface area (Å²) in [7, 11) is -2.03. The van der Waals surface area contributed by atoms with E-state index < -0.39 is 10.0 Å².